The predicted molar refractivity (Wildman–Crippen MR) is 49.6 cm³/mol. The van der Waals surface area contributed by atoms with Gasteiger partial charge in [0.2, 0.25) is 0 Å². The van der Waals surface area contributed by atoms with Crippen molar-refractivity contribution in [1.29, 1.82) is 0 Å². The summed E-state index contributed by atoms with van der Waals surface area (Å²) in [4.78, 5) is 17.6. The first kappa shape index (κ1) is 8.23. The highest BCUT2D eigenvalue weighted by atomic mass is 16.2. The number of aryl methyl sites for hydroxylation is 1. The third kappa shape index (κ3) is 1.20. The number of aromatic nitrogens is 1. The van der Waals surface area contributed by atoms with Crippen LogP contribution in [0.25, 0.3) is 0 Å². The highest BCUT2D eigenvalue weighted by Crippen LogP contribution is 2.19. The molecule has 0 unspecified atom stereocenters. The van der Waals surface area contributed by atoms with E-state index in [0.717, 1.165) is 29.7 Å². The number of carbonyl (C=O) groups excluding carboxylic acids is 1. The van der Waals surface area contributed by atoms with E-state index in [-0.39, 0.29) is 5.91 Å². The number of hydrogen-bond acceptors (Lipinski definition) is 2. The predicted octanol–water partition coefficient (Wildman–Crippen LogP) is 1.02. The van der Waals surface area contributed by atoms with Crippen LogP contribution >= 0.6 is 0 Å². The van der Waals surface area contributed by atoms with Crippen LogP contribution in [-0.4, -0.2) is 29.4 Å². The largest absolute Gasteiger partial charge is 0.341 e. The first-order valence-electron chi connectivity index (χ1n) is 4.39. The zero-order valence-electron chi connectivity index (χ0n) is 7.87. The van der Waals surface area contributed by atoms with Crippen molar-refractivity contribution in [2.24, 2.45) is 0 Å². The minimum Gasteiger partial charge on any atom is -0.341 e. The molecule has 13 heavy (non-hydrogen) atoms. The summed E-state index contributed by atoms with van der Waals surface area (Å²) < 4.78 is 0. The molecule has 68 valence electrons. The first-order valence-corrected chi connectivity index (χ1v) is 4.39. The minimum absolute atomic E-state index is 0.126. The van der Waals surface area contributed by atoms with Crippen LogP contribution in [0.4, 0.5) is 0 Å². The Morgan fingerprint density at radius 1 is 1.46 bits per heavy atom. The molecule has 3 heteroatoms. The Hall–Kier alpha value is -1.38. The van der Waals surface area contributed by atoms with Gasteiger partial charge in [0.1, 0.15) is 0 Å². The molecule has 1 aliphatic rings. The third-order valence-corrected chi connectivity index (χ3v) is 2.49. The van der Waals surface area contributed by atoms with Gasteiger partial charge in [-0.2, -0.15) is 0 Å². The van der Waals surface area contributed by atoms with Crippen LogP contribution in [0.1, 0.15) is 21.5 Å². The van der Waals surface area contributed by atoms with Crippen molar-refractivity contribution in [1.82, 2.24) is 9.88 Å². The maximum Gasteiger partial charge on any atom is 0.254 e. The van der Waals surface area contributed by atoms with E-state index >= 15 is 0 Å². The van der Waals surface area contributed by atoms with Gasteiger partial charge in [-0.05, 0) is 24.5 Å². The molecule has 0 saturated heterocycles. The molecule has 0 N–H and O–H groups in total. The number of likely N-dealkylation sites (N-methyl/N-ethyl adjacent to an activating group) is 1. The second-order valence-electron chi connectivity index (χ2n) is 3.47. The van der Waals surface area contributed by atoms with E-state index in [1.54, 1.807) is 17.3 Å². The summed E-state index contributed by atoms with van der Waals surface area (Å²) >= 11 is 0. The van der Waals surface area contributed by atoms with Gasteiger partial charge in [0.25, 0.3) is 5.91 Å². The number of hydrogen-bond donors (Lipinski definition) is 0. The van der Waals surface area contributed by atoms with Crippen molar-refractivity contribution in [2.75, 3.05) is 13.6 Å². The molecule has 1 aromatic heterocycles. The van der Waals surface area contributed by atoms with Gasteiger partial charge >= 0.3 is 0 Å². The van der Waals surface area contributed by atoms with Gasteiger partial charge in [-0.3, -0.25) is 9.78 Å². The smallest absolute Gasteiger partial charge is 0.254 e. The average Bonchev–Trinajstić information content (AvgIpc) is 2.12. The molecule has 0 fully saturated rings. The lowest BCUT2D eigenvalue weighted by atomic mass is 9.98. The first-order chi connectivity index (χ1) is 6.20. The molecule has 1 aliphatic heterocycles. The lowest BCUT2D eigenvalue weighted by molar-refractivity contribution is 0.0780. The molecule has 3 nitrogen and oxygen atoms in total. The van der Waals surface area contributed by atoms with Crippen LogP contribution in [0.2, 0.25) is 0 Å². The Labute approximate surface area is 77.4 Å². The monoisotopic (exact) mass is 176 g/mol. The minimum atomic E-state index is 0.126. The number of rotatable bonds is 0. The molecule has 0 saturated carbocycles. The van der Waals surface area contributed by atoms with Crippen molar-refractivity contribution in [3.63, 3.8) is 0 Å². The Balaban J connectivity index is 2.57. The summed E-state index contributed by atoms with van der Waals surface area (Å²) in [5.74, 6) is 0.126. The second-order valence-corrected chi connectivity index (χ2v) is 3.47. The van der Waals surface area contributed by atoms with Gasteiger partial charge in [0, 0.05) is 31.5 Å². The Morgan fingerprint density at radius 2 is 2.23 bits per heavy atom. The molecule has 0 radical (unpaired) electrons. The SMILES string of the molecule is Cc1cncc2c1C(=O)N(C)CC2. The molecule has 1 amide bonds. The molecule has 0 bridgehead atoms. The van der Waals surface area contributed by atoms with Gasteiger partial charge in [-0.15, -0.1) is 0 Å². The molecule has 2 rings (SSSR count). The van der Waals surface area contributed by atoms with Crippen LogP contribution in [0.15, 0.2) is 12.4 Å². The van der Waals surface area contributed by atoms with E-state index in [2.05, 4.69) is 4.98 Å². The molecule has 0 aliphatic carbocycles. The zero-order valence-corrected chi connectivity index (χ0v) is 7.87. The Morgan fingerprint density at radius 3 is 3.00 bits per heavy atom. The van der Waals surface area contributed by atoms with E-state index in [1.165, 1.54) is 0 Å². The zero-order chi connectivity index (χ0) is 9.42. The summed E-state index contributed by atoms with van der Waals surface area (Å²) in [6.07, 6.45) is 4.47. The molecular formula is C10H12N2O. The van der Waals surface area contributed by atoms with E-state index in [4.69, 9.17) is 0 Å². The summed E-state index contributed by atoms with van der Waals surface area (Å²) in [5.41, 5.74) is 2.92. The lowest BCUT2D eigenvalue weighted by Gasteiger charge is -2.25. The number of nitrogens with zero attached hydrogens (tertiary/aromatic N) is 2. The average molecular weight is 176 g/mol. The summed E-state index contributed by atoms with van der Waals surface area (Å²) in [6.45, 7) is 2.74. The Kier molecular flexibility index (Phi) is 1.79. The van der Waals surface area contributed by atoms with Crippen molar-refractivity contribution in [2.45, 2.75) is 13.3 Å². The normalized spacial score (nSPS) is 15.8. The van der Waals surface area contributed by atoms with Gasteiger partial charge in [-0.25, -0.2) is 0 Å². The summed E-state index contributed by atoms with van der Waals surface area (Å²) in [6, 6.07) is 0. The topological polar surface area (TPSA) is 33.2 Å². The summed E-state index contributed by atoms with van der Waals surface area (Å²) in [5, 5.41) is 0. The molecule has 0 atom stereocenters. The van der Waals surface area contributed by atoms with E-state index in [9.17, 15) is 4.79 Å². The second kappa shape index (κ2) is 2.83. The third-order valence-electron chi connectivity index (χ3n) is 2.49. The Bertz CT molecular complexity index is 360. The van der Waals surface area contributed by atoms with Gasteiger partial charge in [0.15, 0.2) is 0 Å². The fraction of sp³-hybridized carbons (Fsp3) is 0.400. The standard InChI is InChI=1S/C10H12N2O/c1-7-5-11-6-8-3-4-12(2)10(13)9(7)8/h5-6H,3-4H2,1-2H3. The molecule has 1 aromatic rings. The molecule has 0 aromatic carbocycles. The number of fused-ring (bicyclic) bond motifs is 1. The summed E-state index contributed by atoms with van der Waals surface area (Å²) in [7, 11) is 1.84. The maximum atomic E-state index is 11.7. The van der Waals surface area contributed by atoms with E-state index < -0.39 is 0 Å². The number of pyridine rings is 1. The molecular weight excluding hydrogens is 164 g/mol. The number of amides is 1. The fourth-order valence-electron chi connectivity index (χ4n) is 1.70. The molecule has 0 spiro atoms. The van der Waals surface area contributed by atoms with Crippen LogP contribution in [0.3, 0.4) is 0 Å². The van der Waals surface area contributed by atoms with Crippen molar-refractivity contribution >= 4 is 5.91 Å². The van der Waals surface area contributed by atoms with Crippen molar-refractivity contribution in [3.05, 3.63) is 29.1 Å². The van der Waals surface area contributed by atoms with Crippen LogP contribution < -0.4 is 0 Å². The van der Waals surface area contributed by atoms with Crippen molar-refractivity contribution in [3.8, 4) is 0 Å². The van der Waals surface area contributed by atoms with Crippen LogP contribution in [0, 0.1) is 6.92 Å². The van der Waals surface area contributed by atoms with E-state index in [1.807, 2.05) is 14.0 Å². The van der Waals surface area contributed by atoms with E-state index in [0.29, 0.717) is 0 Å². The quantitative estimate of drug-likeness (QED) is 0.591. The van der Waals surface area contributed by atoms with Gasteiger partial charge in [0.05, 0.1) is 0 Å². The highest BCUT2D eigenvalue weighted by Gasteiger charge is 2.22. The number of carbonyl (C=O) groups is 1. The van der Waals surface area contributed by atoms with Gasteiger partial charge < -0.3 is 4.90 Å². The van der Waals surface area contributed by atoms with Crippen molar-refractivity contribution < 1.29 is 4.79 Å². The lowest BCUT2D eigenvalue weighted by Crippen LogP contribution is -2.34. The van der Waals surface area contributed by atoms with Gasteiger partial charge in [-0.1, -0.05) is 0 Å². The van der Waals surface area contributed by atoms with Crippen LogP contribution in [0.5, 0.6) is 0 Å². The highest BCUT2D eigenvalue weighted by molar-refractivity contribution is 5.97. The maximum absolute atomic E-state index is 11.7. The fourth-order valence-corrected chi connectivity index (χ4v) is 1.70. The van der Waals surface area contributed by atoms with Crippen LogP contribution in [-0.2, 0) is 6.42 Å². The molecule has 2 heterocycles.